The van der Waals surface area contributed by atoms with Crippen LogP contribution in [0.5, 0.6) is 0 Å². The molecule has 2 rings (SSSR count). The van der Waals surface area contributed by atoms with Crippen LogP contribution in [-0.4, -0.2) is 27.3 Å². The van der Waals surface area contributed by atoms with E-state index in [1.807, 2.05) is 32.0 Å². The van der Waals surface area contributed by atoms with Crippen LogP contribution in [0.1, 0.15) is 34.0 Å². The summed E-state index contributed by atoms with van der Waals surface area (Å²) >= 11 is 0. The molecule has 0 radical (unpaired) electrons. The van der Waals surface area contributed by atoms with E-state index < -0.39 is 5.60 Å². The van der Waals surface area contributed by atoms with Crippen molar-refractivity contribution >= 4 is 5.91 Å². The van der Waals surface area contributed by atoms with Crippen molar-refractivity contribution in [3.63, 3.8) is 0 Å². The van der Waals surface area contributed by atoms with Crippen molar-refractivity contribution in [2.24, 2.45) is 7.05 Å². The highest BCUT2D eigenvalue weighted by atomic mass is 16.3. The predicted molar refractivity (Wildman–Crippen MR) is 81.0 cm³/mol. The second-order valence-electron chi connectivity index (χ2n) is 5.63. The Bertz CT molecular complexity index is 639. The minimum atomic E-state index is -1.15. The van der Waals surface area contributed by atoms with Crippen molar-refractivity contribution < 1.29 is 9.90 Å². The van der Waals surface area contributed by atoms with Gasteiger partial charge in [-0.1, -0.05) is 18.2 Å². The van der Waals surface area contributed by atoms with Gasteiger partial charge in [0, 0.05) is 24.4 Å². The summed E-state index contributed by atoms with van der Waals surface area (Å²) in [5, 5.41) is 17.3. The SMILES string of the molecule is Cc1cccc(C)c1C(=O)NCC(C)(O)c1cnn(C)c1. The van der Waals surface area contributed by atoms with Crippen molar-refractivity contribution in [1.82, 2.24) is 15.1 Å². The third kappa shape index (κ3) is 3.31. The molecule has 5 heteroatoms. The van der Waals surface area contributed by atoms with Gasteiger partial charge in [0.2, 0.25) is 0 Å². The number of aromatic nitrogens is 2. The largest absolute Gasteiger partial charge is 0.383 e. The molecular formula is C16H21N3O2. The van der Waals surface area contributed by atoms with E-state index >= 15 is 0 Å². The van der Waals surface area contributed by atoms with E-state index in [1.165, 1.54) is 0 Å². The summed E-state index contributed by atoms with van der Waals surface area (Å²) in [6.07, 6.45) is 3.34. The van der Waals surface area contributed by atoms with Gasteiger partial charge < -0.3 is 10.4 Å². The van der Waals surface area contributed by atoms with Gasteiger partial charge >= 0.3 is 0 Å². The van der Waals surface area contributed by atoms with Crippen LogP contribution in [0.25, 0.3) is 0 Å². The molecule has 1 unspecified atom stereocenters. The molecule has 2 N–H and O–H groups in total. The average Bonchev–Trinajstić information content (AvgIpc) is 2.84. The number of benzene rings is 1. The minimum absolute atomic E-state index is 0.130. The first-order valence-corrected chi connectivity index (χ1v) is 6.87. The number of aliphatic hydroxyl groups is 1. The number of rotatable bonds is 4. The number of carbonyl (C=O) groups is 1. The number of aryl methyl sites for hydroxylation is 3. The quantitative estimate of drug-likeness (QED) is 0.899. The zero-order valence-corrected chi connectivity index (χ0v) is 12.8. The first kappa shape index (κ1) is 15.3. The number of nitrogens with zero attached hydrogens (tertiary/aromatic N) is 2. The van der Waals surface area contributed by atoms with Crippen LogP contribution in [0.3, 0.4) is 0 Å². The first-order valence-electron chi connectivity index (χ1n) is 6.87. The maximum atomic E-state index is 12.3. The lowest BCUT2D eigenvalue weighted by Crippen LogP contribution is -2.38. The van der Waals surface area contributed by atoms with E-state index in [0.29, 0.717) is 11.1 Å². The molecule has 1 atom stereocenters. The second kappa shape index (κ2) is 5.69. The number of amides is 1. The van der Waals surface area contributed by atoms with E-state index in [1.54, 1.807) is 31.0 Å². The molecule has 0 aliphatic rings. The van der Waals surface area contributed by atoms with Crippen molar-refractivity contribution in [2.45, 2.75) is 26.4 Å². The number of hydrogen-bond acceptors (Lipinski definition) is 3. The Morgan fingerprint density at radius 2 is 2.00 bits per heavy atom. The van der Waals surface area contributed by atoms with E-state index in [2.05, 4.69) is 10.4 Å². The fraction of sp³-hybridized carbons (Fsp3) is 0.375. The Kier molecular flexibility index (Phi) is 4.14. The monoisotopic (exact) mass is 287 g/mol. The Hall–Kier alpha value is -2.14. The fourth-order valence-electron chi connectivity index (χ4n) is 2.31. The Labute approximate surface area is 124 Å². The van der Waals surface area contributed by atoms with Gasteiger partial charge in [-0.3, -0.25) is 9.48 Å². The van der Waals surface area contributed by atoms with Gasteiger partial charge in [0.15, 0.2) is 0 Å². The summed E-state index contributed by atoms with van der Waals surface area (Å²) in [4.78, 5) is 12.3. The van der Waals surface area contributed by atoms with Crippen molar-refractivity contribution in [1.29, 1.82) is 0 Å². The van der Waals surface area contributed by atoms with Crippen LogP contribution in [0.15, 0.2) is 30.6 Å². The molecular weight excluding hydrogens is 266 g/mol. The minimum Gasteiger partial charge on any atom is -0.383 e. The van der Waals surface area contributed by atoms with Crippen molar-refractivity contribution in [2.75, 3.05) is 6.54 Å². The lowest BCUT2D eigenvalue weighted by atomic mass is 9.98. The van der Waals surface area contributed by atoms with Crippen molar-refractivity contribution in [3.8, 4) is 0 Å². The smallest absolute Gasteiger partial charge is 0.251 e. The Balaban J connectivity index is 2.11. The van der Waals surface area contributed by atoms with Crippen molar-refractivity contribution in [3.05, 3.63) is 52.8 Å². The number of nitrogens with one attached hydrogen (secondary N) is 1. The lowest BCUT2D eigenvalue weighted by Gasteiger charge is -2.22. The lowest BCUT2D eigenvalue weighted by molar-refractivity contribution is 0.0525. The summed E-state index contributed by atoms with van der Waals surface area (Å²) in [6, 6.07) is 5.73. The standard InChI is InChI=1S/C16H21N3O2/c1-11-6-5-7-12(2)14(11)15(20)17-10-16(3,21)13-8-18-19(4)9-13/h5-9,21H,10H2,1-4H3,(H,17,20). The summed E-state index contributed by atoms with van der Waals surface area (Å²) in [5.74, 6) is -0.172. The topological polar surface area (TPSA) is 67.2 Å². The van der Waals surface area contributed by atoms with Crippen LogP contribution in [0, 0.1) is 13.8 Å². The zero-order chi connectivity index (χ0) is 15.6. The number of carbonyl (C=O) groups excluding carboxylic acids is 1. The zero-order valence-electron chi connectivity index (χ0n) is 12.8. The molecule has 0 fully saturated rings. The maximum absolute atomic E-state index is 12.3. The summed E-state index contributed by atoms with van der Waals surface area (Å²) in [6.45, 7) is 5.60. The fourth-order valence-corrected chi connectivity index (χ4v) is 2.31. The van der Waals surface area contributed by atoms with Gasteiger partial charge in [-0.25, -0.2) is 0 Å². The Morgan fingerprint density at radius 1 is 1.38 bits per heavy atom. The molecule has 0 saturated carbocycles. The van der Waals surface area contributed by atoms with Gasteiger partial charge in [-0.15, -0.1) is 0 Å². The molecule has 21 heavy (non-hydrogen) atoms. The van der Waals surface area contributed by atoms with E-state index in [4.69, 9.17) is 0 Å². The normalized spacial score (nSPS) is 13.8. The van der Waals surface area contributed by atoms with Gasteiger partial charge in [0.05, 0.1) is 12.7 Å². The molecule has 1 aromatic carbocycles. The summed E-state index contributed by atoms with van der Waals surface area (Å²) < 4.78 is 1.62. The highest BCUT2D eigenvalue weighted by Crippen LogP contribution is 2.19. The second-order valence-corrected chi connectivity index (χ2v) is 5.63. The molecule has 1 amide bonds. The molecule has 0 saturated heterocycles. The van der Waals surface area contributed by atoms with Gasteiger partial charge in [0.25, 0.3) is 5.91 Å². The Morgan fingerprint density at radius 3 is 2.52 bits per heavy atom. The van der Waals surface area contributed by atoms with E-state index in [0.717, 1.165) is 11.1 Å². The van der Waals surface area contributed by atoms with Crippen LogP contribution in [0.4, 0.5) is 0 Å². The first-order chi connectivity index (χ1) is 9.81. The molecule has 1 heterocycles. The molecule has 5 nitrogen and oxygen atoms in total. The molecule has 1 aromatic heterocycles. The van der Waals surface area contributed by atoms with Crippen LogP contribution in [-0.2, 0) is 12.6 Å². The maximum Gasteiger partial charge on any atom is 0.251 e. The van der Waals surface area contributed by atoms with Gasteiger partial charge in [-0.2, -0.15) is 5.10 Å². The molecule has 0 bridgehead atoms. The third-order valence-electron chi connectivity index (χ3n) is 3.63. The van der Waals surface area contributed by atoms with E-state index in [9.17, 15) is 9.90 Å². The summed E-state index contributed by atoms with van der Waals surface area (Å²) in [5.41, 5.74) is 2.04. The molecule has 0 spiro atoms. The highest BCUT2D eigenvalue weighted by Gasteiger charge is 2.26. The van der Waals surface area contributed by atoms with Gasteiger partial charge in [0.1, 0.15) is 5.60 Å². The molecule has 0 aliphatic heterocycles. The predicted octanol–water partition coefficient (Wildman–Crippen LogP) is 1.67. The van der Waals surface area contributed by atoms with Crippen LogP contribution in [0.2, 0.25) is 0 Å². The molecule has 112 valence electrons. The average molecular weight is 287 g/mol. The molecule has 2 aromatic rings. The van der Waals surface area contributed by atoms with Gasteiger partial charge in [-0.05, 0) is 31.9 Å². The highest BCUT2D eigenvalue weighted by molar-refractivity contribution is 5.97. The van der Waals surface area contributed by atoms with E-state index in [-0.39, 0.29) is 12.5 Å². The third-order valence-corrected chi connectivity index (χ3v) is 3.63. The summed E-state index contributed by atoms with van der Waals surface area (Å²) in [7, 11) is 1.79. The van der Waals surface area contributed by atoms with Crippen LogP contribution < -0.4 is 5.32 Å². The molecule has 0 aliphatic carbocycles. The number of hydrogen-bond donors (Lipinski definition) is 2. The van der Waals surface area contributed by atoms with Crippen LogP contribution >= 0.6 is 0 Å².